The monoisotopic (exact) mass is 382 g/mol. The van der Waals surface area contributed by atoms with Crippen molar-refractivity contribution in [3.05, 3.63) is 71.1 Å². The molecule has 0 N–H and O–H groups in total. The van der Waals surface area contributed by atoms with Crippen LogP contribution in [0.25, 0.3) is 10.7 Å². The molecule has 0 amide bonds. The fourth-order valence-electron chi connectivity index (χ4n) is 3.44. The molecule has 3 heterocycles. The normalized spacial score (nSPS) is 16.3. The molecular weight excluding hydrogens is 359 g/mol. The zero-order valence-corrected chi connectivity index (χ0v) is 16.0. The van der Waals surface area contributed by atoms with E-state index in [1.54, 1.807) is 23.5 Å². The second-order valence-electron chi connectivity index (χ2n) is 6.89. The Balaban J connectivity index is 1.32. The molecule has 1 saturated heterocycles. The zero-order valence-electron chi connectivity index (χ0n) is 15.2. The largest absolute Gasteiger partial charge is 0.298 e. The third-order valence-corrected chi connectivity index (χ3v) is 5.75. The summed E-state index contributed by atoms with van der Waals surface area (Å²) in [5.41, 5.74) is 1.92. The second kappa shape index (κ2) is 8.69. The molecule has 2 aromatic heterocycles. The highest BCUT2D eigenvalue weighted by molar-refractivity contribution is 7.13. The van der Waals surface area contributed by atoms with Crippen molar-refractivity contribution < 1.29 is 4.39 Å². The van der Waals surface area contributed by atoms with Gasteiger partial charge < -0.3 is 0 Å². The fraction of sp³-hybridized carbons (Fsp3) is 0.333. The lowest BCUT2D eigenvalue weighted by Gasteiger charge is -2.22. The zero-order chi connectivity index (χ0) is 18.5. The number of aromatic nitrogens is 2. The number of hydrogen-bond acceptors (Lipinski definition) is 5. The second-order valence-corrected chi connectivity index (χ2v) is 7.84. The molecule has 3 aromatic rings. The topological polar surface area (TPSA) is 32.3 Å². The highest BCUT2D eigenvalue weighted by Crippen LogP contribution is 2.20. The molecule has 0 bridgehead atoms. The SMILES string of the molecule is Fc1ccccc1CN1CCCN(Cc2cnc(-c3cccs3)nc2)CC1. The number of nitrogens with zero attached hydrogens (tertiary/aromatic N) is 4. The molecule has 4 rings (SSSR count). The van der Waals surface area contributed by atoms with Gasteiger partial charge in [0.1, 0.15) is 5.82 Å². The van der Waals surface area contributed by atoms with Gasteiger partial charge in [0, 0.05) is 49.7 Å². The van der Waals surface area contributed by atoms with Crippen LogP contribution in [0.1, 0.15) is 17.5 Å². The van der Waals surface area contributed by atoms with Crippen molar-refractivity contribution in [2.24, 2.45) is 0 Å². The molecule has 1 aliphatic rings. The van der Waals surface area contributed by atoms with Gasteiger partial charge in [-0.3, -0.25) is 9.80 Å². The molecule has 0 radical (unpaired) electrons. The van der Waals surface area contributed by atoms with Gasteiger partial charge in [-0.2, -0.15) is 0 Å². The molecule has 0 atom stereocenters. The van der Waals surface area contributed by atoms with E-state index < -0.39 is 0 Å². The average Bonchev–Trinajstić information content (AvgIpc) is 3.14. The summed E-state index contributed by atoms with van der Waals surface area (Å²) in [4.78, 5) is 14.9. The summed E-state index contributed by atoms with van der Waals surface area (Å²) in [6, 6.07) is 11.1. The summed E-state index contributed by atoms with van der Waals surface area (Å²) >= 11 is 1.65. The van der Waals surface area contributed by atoms with Crippen molar-refractivity contribution in [1.29, 1.82) is 0 Å². The Kier molecular flexibility index (Phi) is 5.87. The predicted molar refractivity (Wildman–Crippen MR) is 107 cm³/mol. The summed E-state index contributed by atoms with van der Waals surface area (Å²) in [6.07, 6.45) is 4.96. The van der Waals surface area contributed by atoms with Crippen molar-refractivity contribution in [3.63, 3.8) is 0 Å². The molecule has 27 heavy (non-hydrogen) atoms. The van der Waals surface area contributed by atoms with E-state index in [0.29, 0.717) is 6.54 Å². The van der Waals surface area contributed by atoms with Crippen LogP contribution in [-0.4, -0.2) is 45.9 Å². The Morgan fingerprint density at radius 3 is 2.33 bits per heavy atom. The van der Waals surface area contributed by atoms with Crippen LogP contribution in [0.5, 0.6) is 0 Å². The Morgan fingerprint density at radius 1 is 0.889 bits per heavy atom. The number of halogens is 1. The Bertz CT molecular complexity index is 851. The first-order chi connectivity index (χ1) is 13.3. The minimum atomic E-state index is -0.110. The van der Waals surface area contributed by atoms with Gasteiger partial charge in [-0.05, 0) is 37.0 Å². The molecule has 6 heteroatoms. The van der Waals surface area contributed by atoms with Crippen molar-refractivity contribution in [2.45, 2.75) is 19.5 Å². The van der Waals surface area contributed by atoms with E-state index in [9.17, 15) is 4.39 Å². The quantitative estimate of drug-likeness (QED) is 0.666. The van der Waals surface area contributed by atoms with E-state index in [0.717, 1.165) is 61.0 Å². The minimum absolute atomic E-state index is 0.110. The van der Waals surface area contributed by atoms with Crippen LogP contribution in [0.2, 0.25) is 0 Å². The van der Waals surface area contributed by atoms with Gasteiger partial charge in [-0.1, -0.05) is 24.3 Å². The third-order valence-electron chi connectivity index (χ3n) is 4.89. The van der Waals surface area contributed by atoms with E-state index in [1.165, 1.54) is 0 Å². The Labute approximate surface area is 163 Å². The van der Waals surface area contributed by atoms with Crippen molar-refractivity contribution in [3.8, 4) is 10.7 Å². The van der Waals surface area contributed by atoms with Gasteiger partial charge in [-0.15, -0.1) is 11.3 Å². The summed E-state index contributed by atoms with van der Waals surface area (Å²) < 4.78 is 13.9. The molecule has 4 nitrogen and oxygen atoms in total. The smallest absolute Gasteiger partial charge is 0.169 e. The predicted octanol–water partition coefficient (Wildman–Crippen LogP) is 4.05. The number of hydrogen-bond donors (Lipinski definition) is 0. The van der Waals surface area contributed by atoms with Crippen LogP contribution in [0.3, 0.4) is 0 Å². The molecule has 1 aliphatic heterocycles. The molecule has 140 valence electrons. The minimum Gasteiger partial charge on any atom is -0.298 e. The van der Waals surface area contributed by atoms with E-state index in [1.807, 2.05) is 42.0 Å². The third kappa shape index (κ3) is 4.77. The average molecular weight is 383 g/mol. The van der Waals surface area contributed by atoms with Gasteiger partial charge in [-0.25, -0.2) is 14.4 Å². The molecule has 1 aromatic carbocycles. The Morgan fingerprint density at radius 2 is 1.63 bits per heavy atom. The van der Waals surface area contributed by atoms with Crippen LogP contribution < -0.4 is 0 Å². The number of rotatable bonds is 5. The highest BCUT2D eigenvalue weighted by atomic mass is 32.1. The maximum absolute atomic E-state index is 13.9. The maximum Gasteiger partial charge on any atom is 0.169 e. The maximum atomic E-state index is 13.9. The molecule has 0 saturated carbocycles. The molecule has 0 spiro atoms. The van der Waals surface area contributed by atoms with E-state index in [-0.39, 0.29) is 5.82 Å². The summed E-state index contributed by atoms with van der Waals surface area (Å²) in [5.74, 6) is 0.683. The van der Waals surface area contributed by atoms with Crippen LogP contribution in [0.4, 0.5) is 4.39 Å². The first-order valence-corrected chi connectivity index (χ1v) is 10.2. The lowest BCUT2D eigenvalue weighted by molar-refractivity contribution is 0.245. The fourth-order valence-corrected chi connectivity index (χ4v) is 4.11. The molecule has 0 unspecified atom stereocenters. The molecular formula is C21H23FN4S. The van der Waals surface area contributed by atoms with Crippen molar-refractivity contribution >= 4 is 11.3 Å². The first-order valence-electron chi connectivity index (χ1n) is 9.31. The van der Waals surface area contributed by atoms with Crippen molar-refractivity contribution in [1.82, 2.24) is 19.8 Å². The van der Waals surface area contributed by atoms with Crippen molar-refractivity contribution in [2.75, 3.05) is 26.2 Å². The molecule has 1 fully saturated rings. The van der Waals surface area contributed by atoms with Crippen LogP contribution in [0, 0.1) is 5.82 Å². The summed E-state index contributed by atoms with van der Waals surface area (Å²) in [6.45, 7) is 5.50. The van der Waals surface area contributed by atoms with Gasteiger partial charge in [0.25, 0.3) is 0 Å². The van der Waals surface area contributed by atoms with Gasteiger partial charge >= 0.3 is 0 Å². The van der Waals surface area contributed by atoms with Crippen LogP contribution in [0.15, 0.2) is 54.2 Å². The first kappa shape index (κ1) is 18.2. The van der Waals surface area contributed by atoms with E-state index in [4.69, 9.17) is 0 Å². The van der Waals surface area contributed by atoms with Gasteiger partial charge in [0.05, 0.1) is 4.88 Å². The Hall–Kier alpha value is -2.15. The lowest BCUT2D eigenvalue weighted by Crippen LogP contribution is -2.30. The summed E-state index contributed by atoms with van der Waals surface area (Å²) in [5, 5.41) is 2.04. The van der Waals surface area contributed by atoms with Gasteiger partial charge in [0.15, 0.2) is 5.82 Å². The number of thiophene rings is 1. The van der Waals surface area contributed by atoms with Gasteiger partial charge in [0.2, 0.25) is 0 Å². The number of benzene rings is 1. The van der Waals surface area contributed by atoms with E-state index in [2.05, 4.69) is 19.8 Å². The van der Waals surface area contributed by atoms with Crippen LogP contribution in [-0.2, 0) is 13.1 Å². The van der Waals surface area contributed by atoms with Crippen LogP contribution >= 0.6 is 11.3 Å². The molecule has 0 aliphatic carbocycles. The highest BCUT2D eigenvalue weighted by Gasteiger charge is 2.16. The standard InChI is InChI=1S/C21H23FN4S/c22-19-6-2-1-5-18(19)16-26-9-4-8-25(10-11-26)15-17-13-23-21(24-14-17)20-7-3-12-27-20/h1-3,5-7,12-14H,4,8-11,15-16H2. The lowest BCUT2D eigenvalue weighted by atomic mass is 10.2. The summed E-state index contributed by atoms with van der Waals surface area (Å²) in [7, 11) is 0. The van der Waals surface area contributed by atoms with E-state index >= 15 is 0 Å².